The number of aliphatic hydroxyl groups is 1. The molecule has 5 atom stereocenters. The second-order valence-electron chi connectivity index (χ2n) is 13.6. The molecule has 1 spiro atoms. The third-order valence-corrected chi connectivity index (χ3v) is 8.88. The summed E-state index contributed by atoms with van der Waals surface area (Å²) in [7, 11) is 0. The highest BCUT2D eigenvalue weighted by Gasteiger charge is 2.75. The van der Waals surface area contributed by atoms with Gasteiger partial charge in [0.25, 0.3) is 0 Å². The van der Waals surface area contributed by atoms with E-state index in [9.17, 15) is 19.5 Å². The SMILES string of the molecule is CC[C@]12/C=C\CCCCOC(=O)[C@H]1[C@H]1C(=O)N(CCCCO)C3C(=O)N(C(C)(C)CC(C)(C)C)CC=C[C@@]31O2. The number of hydrogen-bond donors (Lipinski definition) is 1. The summed E-state index contributed by atoms with van der Waals surface area (Å²) in [6, 6.07) is -0.895. The van der Waals surface area contributed by atoms with Gasteiger partial charge in [0.1, 0.15) is 23.2 Å². The Bertz CT molecular complexity index is 1010. The minimum absolute atomic E-state index is 0.00898. The van der Waals surface area contributed by atoms with Crippen molar-refractivity contribution in [2.75, 3.05) is 26.3 Å². The summed E-state index contributed by atoms with van der Waals surface area (Å²) in [5, 5.41) is 9.43. The number of rotatable bonds is 7. The Morgan fingerprint density at radius 2 is 1.74 bits per heavy atom. The number of aliphatic hydroxyl groups excluding tert-OH is 1. The van der Waals surface area contributed by atoms with Crippen LogP contribution in [0.3, 0.4) is 0 Å². The number of allylic oxidation sites excluding steroid dienone is 1. The lowest BCUT2D eigenvalue weighted by Crippen LogP contribution is -2.60. The maximum Gasteiger partial charge on any atom is 0.313 e. The summed E-state index contributed by atoms with van der Waals surface area (Å²) in [4.78, 5) is 46.2. The van der Waals surface area contributed by atoms with Crippen molar-refractivity contribution >= 4 is 17.8 Å². The van der Waals surface area contributed by atoms with E-state index < -0.39 is 40.6 Å². The number of likely N-dealkylation sites (tertiary alicyclic amines) is 1. The Kier molecular flexibility index (Phi) is 8.40. The standard InChI is InChI=1S/C31H48N2O6/c1-7-30-15-10-8-9-13-20-38-27(37)23(30)22-25(35)32(17-11-12-19-34)24-26(36)33(18-14-16-31(22,24)39-30)29(5,6)21-28(2,3)4/h10,14-16,22-24,34H,7-9,11-13,17-21H2,1-6H3/b15-10-/t22-,23+,24?,30-,31-/m0/s1. The predicted octanol–water partition coefficient (Wildman–Crippen LogP) is 4.02. The number of nitrogens with zero attached hydrogens (tertiary/aromatic N) is 2. The van der Waals surface area contributed by atoms with Crippen LogP contribution in [0.5, 0.6) is 0 Å². The number of cyclic esters (lactones) is 1. The summed E-state index contributed by atoms with van der Waals surface area (Å²) in [6.45, 7) is 13.6. The van der Waals surface area contributed by atoms with Crippen molar-refractivity contribution in [3.63, 3.8) is 0 Å². The topological polar surface area (TPSA) is 96.4 Å². The highest BCUT2D eigenvalue weighted by Crippen LogP contribution is 2.58. The molecule has 2 amide bonds. The molecule has 0 aliphatic carbocycles. The molecule has 8 heteroatoms. The third kappa shape index (κ3) is 5.31. The Balaban J connectivity index is 1.85. The van der Waals surface area contributed by atoms with Crippen LogP contribution >= 0.6 is 0 Å². The molecule has 8 nitrogen and oxygen atoms in total. The fourth-order valence-electron chi connectivity index (χ4n) is 7.61. The van der Waals surface area contributed by atoms with Gasteiger partial charge in [0.05, 0.1) is 12.5 Å². The lowest BCUT2D eigenvalue weighted by Gasteiger charge is -2.45. The van der Waals surface area contributed by atoms with Gasteiger partial charge in [-0.2, -0.15) is 0 Å². The Hall–Kier alpha value is -2.19. The number of fused-ring (bicyclic) bond motifs is 2. The number of carbonyl (C=O) groups is 3. The van der Waals surface area contributed by atoms with E-state index in [0.717, 1.165) is 25.7 Å². The molecule has 2 saturated heterocycles. The van der Waals surface area contributed by atoms with Gasteiger partial charge >= 0.3 is 5.97 Å². The van der Waals surface area contributed by atoms with E-state index in [4.69, 9.17) is 9.47 Å². The van der Waals surface area contributed by atoms with Crippen molar-refractivity contribution in [2.45, 2.75) is 109 Å². The fourth-order valence-corrected chi connectivity index (χ4v) is 7.61. The van der Waals surface area contributed by atoms with Crippen LogP contribution in [-0.2, 0) is 23.9 Å². The highest BCUT2D eigenvalue weighted by atomic mass is 16.6. The molecule has 4 aliphatic heterocycles. The van der Waals surface area contributed by atoms with Crippen LogP contribution in [0.2, 0.25) is 0 Å². The number of esters is 1. The average Bonchev–Trinajstić information content (AvgIpc) is 3.19. The molecule has 4 rings (SSSR count). The second-order valence-corrected chi connectivity index (χ2v) is 13.6. The third-order valence-electron chi connectivity index (χ3n) is 8.88. The molecule has 1 N–H and O–H groups in total. The van der Waals surface area contributed by atoms with Crippen molar-refractivity contribution in [3.8, 4) is 0 Å². The summed E-state index contributed by atoms with van der Waals surface area (Å²) < 4.78 is 12.7. The maximum atomic E-state index is 14.6. The molecule has 4 aliphatic rings. The minimum Gasteiger partial charge on any atom is -0.465 e. The number of hydrogen-bond acceptors (Lipinski definition) is 6. The van der Waals surface area contributed by atoms with Crippen LogP contribution in [0, 0.1) is 17.3 Å². The summed E-state index contributed by atoms with van der Waals surface area (Å²) >= 11 is 0. The van der Waals surface area contributed by atoms with E-state index in [1.54, 1.807) is 4.90 Å². The summed E-state index contributed by atoms with van der Waals surface area (Å²) in [5.74, 6) is -2.53. The van der Waals surface area contributed by atoms with E-state index in [1.165, 1.54) is 0 Å². The molecule has 0 bridgehead atoms. The van der Waals surface area contributed by atoms with Gasteiger partial charge in [-0.3, -0.25) is 14.4 Å². The smallest absolute Gasteiger partial charge is 0.313 e. The number of amides is 2. The maximum absolute atomic E-state index is 14.6. The lowest BCUT2D eigenvalue weighted by atomic mass is 9.73. The fraction of sp³-hybridized carbons (Fsp3) is 0.774. The second kappa shape index (κ2) is 11.0. The van der Waals surface area contributed by atoms with Gasteiger partial charge in [-0.1, -0.05) is 52.0 Å². The normalized spacial score (nSPS) is 34.3. The molecular formula is C31H48N2O6. The zero-order chi connectivity index (χ0) is 28.6. The van der Waals surface area contributed by atoms with Crippen molar-refractivity contribution in [2.24, 2.45) is 17.3 Å². The molecule has 0 radical (unpaired) electrons. The van der Waals surface area contributed by atoms with Crippen LogP contribution in [-0.4, -0.2) is 81.8 Å². The highest BCUT2D eigenvalue weighted by molar-refractivity contribution is 5.99. The molecule has 0 saturated carbocycles. The lowest BCUT2D eigenvalue weighted by molar-refractivity contribution is -0.162. The van der Waals surface area contributed by atoms with Gasteiger partial charge in [0.15, 0.2) is 0 Å². The first-order valence-corrected chi connectivity index (χ1v) is 14.8. The van der Waals surface area contributed by atoms with Crippen molar-refractivity contribution in [3.05, 3.63) is 24.3 Å². The van der Waals surface area contributed by atoms with Crippen LogP contribution in [0.15, 0.2) is 24.3 Å². The van der Waals surface area contributed by atoms with Crippen molar-refractivity contribution in [1.82, 2.24) is 9.80 Å². The van der Waals surface area contributed by atoms with E-state index in [0.29, 0.717) is 39.0 Å². The number of unbranched alkanes of at least 4 members (excludes halogenated alkanes) is 1. The van der Waals surface area contributed by atoms with Gasteiger partial charge in [0.2, 0.25) is 11.8 Å². The number of ether oxygens (including phenoxy) is 2. The zero-order valence-corrected chi connectivity index (χ0v) is 24.7. The molecule has 0 aromatic rings. The first-order chi connectivity index (χ1) is 18.3. The van der Waals surface area contributed by atoms with Crippen LogP contribution in [0.25, 0.3) is 0 Å². The molecule has 218 valence electrons. The molecule has 39 heavy (non-hydrogen) atoms. The van der Waals surface area contributed by atoms with Crippen LogP contribution in [0.1, 0.15) is 86.5 Å². The van der Waals surface area contributed by atoms with E-state index in [2.05, 4.69) is 40.7 Å². The van der Waals surface area contributed by atoms with Gasteiger partial charge in [-0.15, -0.1) is 0 Å². The minimum atomic E-state index is -1.28. The average molecular weight is 545 g/mol. The zero-order valence-electron chi connectivity index (χ0n) is 24.7. The summed E-state index contributed by atoms with van der Waals surface area (Å²) in [6.07, 6.45) is 12.7. The Labute approximate surface area is 233 Å². The molecule has 0 aromatic heterocycles. The van der Waals surface area contributed by atoms with E-state index in [1.807, 2.05) is 30.1 Å². The first-order valence-electron chi connectivity index (χ1n) is 14.8. The first kappa shape index (κ1) is 29.8. The molecule has 1 unspecified atom stereocenters. The predicted molar refractivity (Wildman–Crippen MR) is 149 cm³/mol. The van der Waals surface area contributed by atoms with Crippen molar-refractivity contribution < 1.29 is 29.0 Å². The monoisotopic (exact) mass is 544 g/mol. The van der Waals surface area contributed by atoms with Gasteiger partial charge in [0, 0.05) is 25.2 Å². The van der Waals surface area contributed by atoms with Gasteiger partial charge in [-0.05, 0) is 64.2 Å². The van der Waals surface area contributed by atoms with Crippen LogP contribution < -0.4 is 0 Å². The quantitative estimate of drug-likeness (QED) is 0.296. The van der Waals surface area contributed by atoms with E-state index in [-0.39, 0.29) is 23.8 Å². The van der Waals surface area contributed by atoms with Crippen molar-refractivity contribution in [1.29, 1.82) is 0 Å². The number of carbonyl (C=O) groups excluding carboxylic acids is 3. The van der Waals surface area contributed by atoms with Gasteiger partial charge < -0.3 is 24.4 Å². The van der Waals surface area contributed by atoms with Crippen LogP contribution in [0.4, 0.5) is 0 Å². The van der Waals surface area contributed by atoms with Gasteiger partial charge in [-0.25, -0.2) is 0 Å². The molecule has 2 fully saturated rings. The molecule has 0 aromatic carbocycles. The van der Waals surface area contributed by atoms with E-state index >= 15 is 0 Å². The Morgan fingerprint density at radius 3 is 2.41 bits per heavy atom. The molecule has 4 heterocycles. The Morgan fingerprint density at radius 1 is 1.00 bits per heavy atom. The molecular weight excluding hydrogens is 496 g/mol. The summed E-state index contributed by atoms with van der Waals surface area (Å²) in [5.41, 5.74) is -2.80. The largest absolute Gasteiger partial charge is 0.465 e.